The molecule has 2 aromatic rings. The normalized spacial score (nSPS) is 16.5. The molecular weight excluding hydrogens is 357 g/mol. The standard InChI is InChI=1S/C19H22FNO4S/c1-26(23,24)12-14-10-11-17(25-14)19(22)21-18(13-6-2-3-7-13)15-8-4-5-9-16(15)20/h4-5,8-11,13,18H,2-3,6-7,12H2,1H3,(H,21,22). The third-order valence-corrected chi connectivity index (χ3v) is 5.50. The molecule has 0 radical (unpaired) electrons. The van der Waals surface area contributed by atoms with Crippen LogP contribution in [0.25, 0.3) is 0 Å². The highest BCUT2D eigenvalue weighted by Gasteiger charge is 2.30. The molecule has 3 rings (SSSR count). The maximum Gasteiger partial charge on any atom is 0.287 e. The van der Waals surface area contributed by atoms with E-state index in [9.17, 15) is 17.6 Å². The first-order valence-corrected chi connectivity index (χ1v) is 10.7. The Morgan fingerprint density at radius 1 is 1.23 bits per heavy atom. The van der Waals surface area contributed by atoms with E-state index in [1.165, 1.54) is 18.2 Å². The van der Waals surface area contributed by atoms with Gasteiger partial charge in [0.1, 0.15) is 17.3 Å². The number of benzene rings is 1. The van der Waals surface area contributed by atoms with Crippen molar-refractivity contribution in [3.63, 3.8) is 0 Å². The fourth-order valence-electron chi connectivity index (χ4n) is 3.52. The highest BCUT2D eigenvalue weighted by molar-refractivity contribution is 7.89. The summed E-state index contributed by atoms with van der Waals surface area (Å²) >= 11 is 0. The summed E-state index contributed by atoms with van der Waals surface area (Å²) < 4.78 is 42.4. The van der Waals surface area contributed by atoms with E-state index in [0.29, 0.717) is 5.56 Å². The van der Waals surface area contributed by atoms with Crippen molar-refractivity contribution < 1.29 is 22.0 Å². The van der Waals surface area contributed by atoms with Crippen molar-refractivity contribution in [2.24, 2.45) is 5.92 Å². The van der Waals surface area contributed by atoms with Crippen LogP contribution in [0.3, 0.4) is 0 Å². The van der Waals surface area contributed by atoms with E-state index < -0.39 is 21.8 Å². The van der Waals surface area contributed by atoms with E-state index in [-0.39, 0.29) is 29.0 Å². The van der Waals surface area contributed by atoms with Gasteiger partial charge < -0.3 is 9.73 Å². The minimum absolute atomic E-state index is 0.0305. The molecule has 1 heterocycles. The molecule has 1 saturated carbocycles. The molecule has 1 atom stereocenters. The number of halogens is 1. The Hall–Kier alpha value is -2.15. The second kappa shape index (κ2) is 7.61. The monoisotopic (exact) mass is 379 g/mol. The zero-order chi connectivity index (χ0) is 18.7. The first-order chi connectivity index (χ1) is 12.3. The van der Waals surface area contributed by atoms with Crippen molar-refractivity contribution in [1.82, 2.24) is 5.32 Å². The van der Waals surface area contributed by atoms with Crippen molar-refractivity contribution in [2.75, 3.05) is 6.26 Å². The van der Waals surface area contributed by atoms with Gasteiger partial charge in [-0.25, -0.2) is 12.8 Å². The van der Waals surface area contributed by atoms with Gasteiger partial charge in [0.05, 0.1) is 6.04 Å². The first kappa shape index (κ1) is 18.6. The van der Waals surface area contributed by atoms with Crippen LogP contribution in [0.2, 0.25) is 0 Å². The summed E-state index contributed by atoms with van der Waals surface area (Å²) in [6.45, 7) is 0. The maximum atomic E-state index is 14.3. The minimum Gasteiger partial charge on any atom is -0.455 e. The predicted octanol–water partition coefficient (Wildman–Crippen LogP) is 3.62. The smallest absolute Gasteiger partial charge is 0.287 e. The minimum atomic E-state index is -3.25. The second-order valence-electron chi connectivity index (χ2n) is 6.85. The lowest BCUT2D eigenvalue weighted by molar-refractivity contribution is 0.0891. The van der Waals surface area contributed by atoms with Crippen LogP contribution in [0.4, 0.5) is 4.39 Å². The quantitative estimate of drug-likeness (QED) is 0.832. The van der Waals surface area contributed by atoms with Gasteiger partial charge in [0.25, 0.3) is 5.91 Å². The third kappa shape index (κ3) is 4.52. The van der Waals surface area contributed by atoms with E-state index in [1.54, 1.807) is 18.2 Å². The SMILES string of the molecule is CS(=O)(=O)Cc1ccc(C(=O)NC(c2ccccc2F)C2CCCC2)o1. The van der Waals surface area contributed by atoms with Gasteiger partial charge in [-0.3, -0.25) is 4.79 Å². The number of hydrogen-bond acceptors (Lipinski definition) is 4. The van der Waals surface area contributed by atoms with Crippen LogP contribution >= 0.6 is 0 Å². The number of carbonyl (C=O) groups excluding carboxylic acids is 1. The van der Waals surface area contributed by atoms with Crippen molar-refractivity contribution in [1.29, 1.82) is 0 Å². The molecule has 1 aliphatic carbocycles. The fourth-order valence-corrected chi connectivity index (χ4v) is 4.19. The van der Waals surface area contributed by atoms with E-state index in [2.05, 4.69) is 5.32 Å². The summed E-state index contributed by atoms with van der Waals surface area (Å²) in [6.07, 6.45) is 5.08. The molecule has 1 N–H and O–H groups in total. The number of amides is 1. The maximum absolute atomic E-state index is 14.3. The number of rotatable bonds is 6. The molecule has 0 bridgehead atoms. The summed E-state index contributed by atoms with van der Waals surface area (Å²) in [6, 6.07) is 8.94. The molecule has 1 unspecified atom stereocenters. The molecule has 7 heteroatoms. The van der Waals surface area contributed by atoms with Crippen LogP contribution in [0.15, 0.2) is 40.8 Å². The fraction of sp³-hybridized carbons (Fsp3) is 0.421. The van der Waals surface area contributed by atoms with Gasteiger partial charge in [0, 0.05) is 11.8 Å². The number of hydrogen-bond donors (Lipinski definition) is 1. The molecule has 140 valence electrons. The zero-order valence-electron chi connectivity index (χ0n) is 14.6. The first-order valence-electron chi connectivity index (χ1n) is 8.65. The van der Waals surface area contributed by atoms with Gasteiger partial charge in [0.15, 0.2) is 15.6 Å². The van der Waals surface area contributed by atoms with Crippen LogP contribution in [-0.2, 0) is 15.6 Å². The largest absolute Gasteiger partial charge is 0.455 e. The van der Waals surface area contributed by atoms with Crippen molar-refractivity contribution in [3.8, 4) is 0 Å². The molecule has 0 spiro atoms. The highest BCUT2D eigenvalue weighted by atomic mass is 32.2. The van der Waals surface area contributed by atoms with Crippen LogP contribution in [0, 0.1) is 11.7 Å². The third-order valence-electron chi connectivity index (χ3n) is 4.69. The van der Waals surface area contributed by atoms with Gasteiger partial charge in [-0.2, -0.15) is 0 Å². The lowest BCUT2D eigenvalue weighted by Gasteiger charge is -2.25. The van der Waals surface area contributed by atoms with Gasteiger partial charge in [-0.1, -0.05) is 31.0 Å². The zero-order valence-corrected chi connectivity index (χ0v) is 15.4. The van der Waals surface area contributed by atoms with Crippen LogP contribution in [0.1, 0.15) is 53.6 Å². The molecule has 5 nitrogen and oxygen atoms in total. The van der Waals surface area contributed by atoms with Crippen molar-refractivity contribution >= 4 is 15.7 Å². The van der Waals surface area contributed by atoms with Gasteiger partial charge in [-0.15, -0.1) is 0 Å². The Balaban J connectivity index is 1.80. The Bertz CT molecular complexity index is 884. The molecule has 0 aliphatic heterocycles. The van der Waals surface area contributed by atoms with E-state index >= 15 is 0 Å². The molecule has 1 aromatic heterocycles. The molecular formula is C19H22FNO4S. The number of carbonyl (C=O) groups is 1. The van der Waals surface area contributed by atoms with Gasteiger partial charge >= 0.3 is 0 Å². The number of sulfone groups is 1. The molecule has 1 amide bonds. The predicted molar refractivity (Wildman–Crippen MR) is 95.8 cm³/mol. The van der Waals surface area contributed by atoms with Crippen LogP contribution < -0.4 is 5.32 Å². The Kier molecular flexibility index (Phi) is 5.46. The van der Waals surface area contributed by atoms with Crippen LogP contribution in [0.5, 0.6) is 0 Å². The molecule has 1 fully saturated rings. The highest BCUT2D eigenvalue weighted by Crippen LogP contribution is 2.36. The number of nitrogens with one attached hydrogen (secondary N) is 1. The molecule has 0 saturated heterocycles. The molecule has 26 heavy (non-hydrogen) atoms. The summed E-state index contributed by atoms with van der Waals surface area (Å²) in [5.41, 5.74) is 0.468. The van der Waals surface area contributed by atoms with E-state index in [4.69, 9.17) is 4.42 Å². The average Bonchev–Trinajstić information content (AvgIpc) is 3.23. The average molecular weight is 379 g/mol. The molecule has 1 aliphatic rings. The van der Waals surface area contributed by atoms with E-state index in [1.807, 2.05) is 0 Å². The summed E-state index contributed by atoms with van der Waals surface area (Å²) in [5.74, 6) is -0.670. The lowest BCUT2D eigenvalue weighted by Crippen LogP contribution is -2.33. The topological polar surface area (TPSA) is 76.4 Å². The summed E-state index contributed by atoms with van der Waals surface area (Å²) in [5, 5.41) is 2.89. The van der Waals surface area contributed by atoms with Crippen molar-refractivity contribution in [2.45, 2.75) is 37.5 Å². The lowest BCUT2D eigenvalue weighted by atomic mass is 9.91. The van der Waals surface area contributed by atoms with Gasteiger partial charge in [0.2, 0.25) is 0 Å². The van der Waals surface area contributed by atoms with Crippen LogP contribution in [-0.4, -0.2) is 20.6 Å². The Morgan fingerprint density at radius 3 is 2.58 bits per heavy atom. The van der Waals surface area contributed by atoms with Crippen molar-refractivity contribution in [3.05, 3.63) is 59.3 Å². The molecule has 1 aromatic carbocycles. The van der Waals surface area contributed by atoms with E-state index in [0.717, 1.165) is 31.9 Å². The second-order valence-corrected chi connectivity index (χ2v) is 8.99. The van der Waals surface area contributed by atoms with Gasteiger partial charge in [-0.05, 0) is 37.0 Å². The summed E-state index contributed by atoms with van der Waals surface area (Å²) in [7, 11) is -3.25. The Morgan fingerprint density at radius 2 is 1.92 bits per heavy atom. The Labute approximate surface area is 152 Å². The summed E-state index contributed by atoms with van der Waals surface area (Å²) in [4.78, 5) is 12.6. The number of furan rings is 1.